The van der Waals surface area contributed by atoms with Gasteiger partial charge in [-0.1, -0.05) is 48.5 Å². The maximum Gasteiger partial charge on any atom is 0.338 e. The van der Waals surface area contributed by atoms with Crippen molar-refractivity contribution in [2.24, 2.45) is 0 Å². The fraction of sp³-hybridized carbons (Fsp3) is 0.0625. The highest BCUT2D eigenvalue weighted by molar-refractivity contribution is 6.31. The monoisotopic (exact) mass is 290 g/mol. The molecule has 0 unspecified atom stereocenters. The Hall–Kier alpha value is -2.13. The zero-order valence-electron chi connectivity index (χ0n) is 10.8. The predicted octanol–water partition coefficient (Wildman–Crippen LogP) is 4.58. The molecule has 0 heterocycles. The quantitative estimate of drug-likeness (QED) is 0.774. The molecule has 0 spiro atoms. The number of rotatable bonds is 3. The van der Waals surface area contributed by atoms with Crippen LogP contribution in [0.4, 0.5) is 4.39 Å². The maximum atomic E-state index is 13.5. The number of methoxy groups -OCH3 is 1. The molecule has 0 fully saturated rings. The van der Waals surface area contributed by atoms with E-state index in [1.165, 1.54) is 13.2 Å². The molecular formula is C16H12ClFO2. The maximum absolute atomic E-state index is 13.5. The van der Waals surface area contributed by atoms with E-state index < -0.39 is 11.8 Å². The molecule has 0 saturated heterocycles. The molecule has 0 aromatic heterocycles. The summed E-state index contributed by atoms with van der Waals surface area (Å²) in [6.07, 6.45) is 1.71. The predicted molar refractivity (Wildman–Crippen MR) is 78.3 cm³/mol. The Morgan fingerprint density at radius 1 is 1.30 bits per heavy atom. The van der Waals surface area contributed by atoms with Crippen LogP contribution in [-0.2, 0) is 4.74 Å². The van der Waals surface area contributed by atoms with E-state index in [2.05, 4.69) is 11.3 Å². The van der Waals surface area contributed by atoms with Crippen molar-refractivity contribution in [2.75, 3.05) is 7.11 Å². The topological polar surface area (TPSA) is 26.3 Å². The SMILES string of the molecule is C=Cc1ccc(-c2cc(Cl)c(F)cc2C(=O)OC)cc1. The summed E-state index contributed by atoms with van der Waals surface area (Å²) in [5.41, 5.74) is 2.36. The van der Waals surface area contributed by atoms with Gasteiger partial charge in [0.1, 0.15) is 5.82 Å². The van der Waals surface area contributed by atoms with Gasteiger partial charge in [0.25, 0.3) is 0 Å². The summed E-state index contributed by atoms with van der Waals surface area (Å²) >= 11 is 5.80. The lowest BCUT2D eigenvalue weighted by atomic mass is 9.98. The van der Waals surface area contributed by atoms with Gasteiger partial charge >= 0.3 is 5.97 Å². The molecular weight excluding hydrogens is 279 g/mol. The molecule has 0 aliphatic carbocycles. The average Bonchev–Trinajstić information content (AvgIpc) is 2.49. The van der Waals surface area contributed by atoms with Crippen molar-refractivity contribution in [3.63, 3.8) is 0 Å². The summed E-state index contributed by atoms with van der Waals surface area (Å²) < 4.78 is 18.2. The van der Waals surface area contributed by atoms with Crippen molar-refractivity contribution in [2.45, 2.75) is 0 Å². The van der Waals surface area contributed by atoms with E-state index in [9.17, 15) is 9.18 Å². The lowest BCUT2D eigenvalue weighted by molar-refractivity contribution is 0.0601. The zero-order chi connectivity index (χ0) is 14.7. The molecule has 0 atom stereocenters. The van der Waals surface area contributed by atoms with Crippen molar-refractivity contribution in [3.05, 3.63) is 64.9 Å². The largest absolute Gasteiger partial charge is 0.465 e. The molecule has 0 radical (unpaired) electrons. The van der Waals surface area contributed by atoms with Crippen LogP contribution in [0.5, 0.6) is 0 Å². The Balaban J connectivity index is 2.61. The molecule has 2 rings (SSSR count). The van der Waals surface area contributed by atoms with Crippen LogP contribution in [0.2, 0.25) is 5.02 Å². The smallest absolute Gasteiger partial charge is 0.338 e. The molecule has 2 aromatic rings. The van der Waals surface area contributed by atoms with Crippen molar-refractivity contribution >= 4 is 23.6 Å². The van der Waals surface area contributed by atoms with Crippen LogP contribution >= 0.6 is 11.6 Å². The standard InChI is InChI=1S/C16H12ClFO2/c1-3-10-4-6-11(7-5-10)12-8-14(17)15(18)9-13(12)16(19)20-2/h3-9H,1H2,2H3. The highest BCUT2D eigenvalue weighted by Gasteiger charge is 2.16. The van der Waals surface area contributed by atoms with Crippen LogP contribution in [-0.4, -0.2) is 13.1 Å². The first kappa shape index (κ1) is 14.3. The van der Waals surface area contributed by atoms with Gasteiger partial charge in [0.2, 0.25) is 0 Å². The van der Waals surface area contributed by atoms with E-state index in [4.69, 9.17) is 11.6 Å². The van der Waals surface area contributed by atoms with E-state index in [0.717, 1.165) is 17.2 Å². The van der Waals surface area contributed by atoms with Gasteiger partial charge < -0.3 is 4.74 Å². The van der Waals surface area contributed by atoms with Crippen molar-refractivity contribution in [1.29, 1.82) is 0 Å². The van der Waals surface area contributed by atoms with Crippen molar-refractivity contribution < 1.29 is 13.9 Å². The molecule has 0 N–H and O–H groups in total. The highest BCUT2D eigenvalue weighted by Crippen LogP contribution is 2.30. The summed E-state index contributed by atoms with van der Waals surface area (Å²) in [5, 5.41) is -0.0412. The first-order valence-electron chi connectivity index (χ1n) is 5.87. The van der Waals surface area contributed by atoms with E-state index in [1.807, 2.05) is 24.3 Å². The lowest BCUT2D eigenvalue weighted by Gasteiger charge is -2.10. The van der Waals surface area contributed by atoms with Gasteiger partial charge in [0.15, 0.2) is 0 Å². The van der Waals surface area contributed by atoms with Gasteiger partial charge in [-0.25, -0.2) is 9.18 Å². The lowest BCUT2D eigenvalue weighted by Crippen LogP contribution is -2.04. The fourth-order valence-corrected chi connectivity index (χ4v) is 2.03. The van der Waals surface area contributed by atoms with Gasteiger partial charge in [0.05, 0.1) is 17.7 Å². The van der Waals surface area contributed by atoms with Crippen molar-refractivity contribution in [3.8, 4) is 11.1 Å². The number of benzene rings is 2. The van der Waals surface area contributed by atoms with Gasteiger partial charge in [-0.3, -0.25) is 0 Å². The van der Waals surface area contributed by atoms with Gasteiger partial charge in [-0.2, -0.15) is 0 Å². The van der Waals surface area contributed by atoms with Gasteiger partial charge in [-0.15, -0.1) is 0 Å². The number of hydrogen-bond donors (Lipinski definition) is 0. The minimum Gasteiger partial charge on any atom is -0.465 e. The number of esters is 1. The van der Waals surface area contributed by atoms with Crippen LogP contribution in [0.15, 0.2) is 43.0 Å². The van der Waals surface area contributed by atoms with Gasteiger partial charge in [-0.05, 0) is 28.8 Å². The first-order valence-corrected chi connectivity index (χ1v) is 6.25. The van der Waals surface area contributed by atoms with Crippen LogP contribution < -0.4 is 0 Å². The number of ether oxygens (including phenoxy) is 1. The van der Waals surface area contributed by atoms with Crippen LogP contribution in [0.1, 0.15) is 15.9 Å². The van der Waals surface area contributed by atoms with Gasteiger partial charge in [0, 0.05) is 0 Å². The van der Waals surface area contributed by atoms with E-state index in [0.29, 0.717) is 5.56 Å². The molecule has 2 aromatic carbocycles. The second kappa shape index (κ2) is 5.88. The molecule has 2 nitrogen and oxygen atoms in total. The Morgan fingerprint density at radius 2 is 1.95 bits per heavy atom. The second-order valence-corrected chi connectivity index (χ2v) is 4.54. The highest BCUT2D eigenvalue weighted by atomic mass is 35.5. The van der Waals surface area contributed by atoms with E-state index in [1.54, 1.807) is 6.08 Å². The molecule has 0 aliphatic rings. The fourth-order valence-electron chi connectivity index (χ4n) is 1.86. The summed E-state index contributed by atoms with van der Waals surface area (Å²) in [6, 6.07) is 9.83. The number of carbonyl (C=O) groups is 1. The number of halogens is 2. The van der Waals surface area contributed by atoms with Crippen LogP contribution in [0.3, 0.4) is 0 Å². The number of carbonyl (C=O) groups excluding carboxylic acids is 1. The summed E-state index contributed by atoms with van der Waals surface area (Å²) in [4.78, 5) is 11.7. The normalized spacial score (nSPS) is 10.2. The minimum atomic E-state index is -0.654. The molecule has 0 bridgehead atoms. The second-order valence-electron chi connectivity index (χ2n) is 4.13. The molecule has 0 amide bonds. The summed E-state index contributed by atoms with van der Waals surface area (Å²) in [6.45, 7) is 3.67. The third-order valence-electron chi connectivity index (χ3n) is 2.92. The summed E-state index contributed by atoms with van der Waals surface area (Å²) in [5.74, 6) is -1.26. The average molecular weight is 291 g/mol. The molecule has 20 heavy (non-hydrogen) atoms. The third-order valence-corrected chi connectivity index (χ3v) is 3.21. The van der Waals surface area contributed by atoms with Crippen LogP contribution in [0, 0.1) is 5.82 Å². The van der Waals surface area contributed by atoms with E-state index >= 15 is 0 Å². The molecule has 0 aliphatic heterocycles. The number of hydrogen-bond acceptors (Lipinski definition) is 2. The Morgan fingerprint density at radius 3 is 2.50 bits per heavy atom. The Labute approximate surface area is 121 Å². The zero-order valence-corrected chi connectivity index (χ0v) is 11.6. The third kappa shape index (κ3) is 2.73. The Bertz CT molecular complexity index is 663. The van der Waals surface area contributed by atoms with Crippen LogP contribution in [0.25, 0.3) is 17.2 Å². The molecule has 4 heteroatoms. The summed E-state index contributed by atoms with van der Waals surface area (Å²) in [7, 11) is 1.25. The molecule has 0 saturated carbocycles. The Kier molecular flexibility index (Phi) is 4.20. The van der Waals surface area contributed by atoms with Crippen molar-refractivity contribution in [1.82, 2.24) is 0 Å². The first-order chi connectivity index (χ1) is 9.56. The minimum absolute atomic E-state index is 0.0412. The van der Waals surface area contributed by atoms with E-state index in [-0.39, 0.29) is 10.6 Å². The molecule has 102 valence electrons.